The Morgan fingerprint density at radius 3 is 2.67 bits per heavy atom. The number of hydrogen-bond acceptors (Lipinski definition) is 6. The van der Waals surface area contributed by atoms with Gasteiger partial charge in [-0.2, -0.15) is 0 Å². The predicted octanol–water partition coefficient (Wildman–Crippen LogP) is 4.80. The van der Waals surface area contributed by atoms with Gasteiger partial charge in [0.1, 0.15) is 11.4 Å². The molecule has 0 radical (unpaired) electrons. The van der Waals surface area contributed by atoms with Gasteiger partial charge in [0, 0.05) is 36.8 Å². The van der Waals surface area contributed by atoms with E-state index in [1.807, 2.05) is 49.4 Å². The summed E-state index contributed by atoms with van der Waals surface area (Å²) in [5, 5.41) is 14.9. The molecule has 1 fully saturated rings. The molecule has 0 bridgehead atoms. The Morgan fingerprint density at radius 2 is 2.00 bits per heavy atom. The molecule has 1 saturated heterocycles. The van der Waals surface area contributed by atoms with E-state index in [4.69, 9.17) is 4.74 Å². The van der Waals surface area contributed by atoms with Crippen LogP contribution in [0, 0.1) is 10.1 Å². The maximum absolute atomic E-state index is 13.1. The van der Waals surface area contributed by atoms with Crippen LogP contribution >= 0.6 is 0 Å². The predicted molar refractivity (Wildman–Crippen MR) is 126 cm³/mol. The number of nitro groups is 1. The van der Waals surface area contributed by atoms with Crippen LogP contribution in [-0.2, 0) is 0 Å². The standard InChI is InChI=1S/C25H26N4O4/c1-17(22-5-3-4-13-26-22)27-23-11-8-19(15-24(23)29(31)32)25(30)28-14-12-20(16-28)18-6-9-21(33-2)10-7-18/h3-11,13,15,17,20,27H,12,14,16H2,1-2H3. The number of nitrogens with one attached hydrogen (secondary N) is 1. The topological polar surface area (TPSA) is 97.6 Å². The van der Waals surface area contributed by atoms with Crippen LogP contribution in [0.2, 0.25) is 0 Å². The van der Waals surface area contributed by atoms with Crippen LogP contribution < -0.4 is 10.1 Å². The van der Waals surface area contributed by atoms with E-state index >= 15 is 0 Å². The molecule has 2 unspecified atom stereocenters. The molecule has 4 rings (SSSR count). The van der Waals surface area contributed by atoms with Crippen molar-refractivity contribution < 1.29 is 14.5 Å². The van der Waals surface area contributed by atoms with E-state index in [2.05, 4.69) is 10.3 Å². The van der Waals surface area contributed by atoms with E-state index in [0.29, 0.717) is 24.3 Å². The number of hydrogen-bond donors (Lipinski definition) is 1. The maximum atomic E-state index is 13.1. The summed E-state index contributed by atoms with van der Waals surface area (Å²) in [4.78, 5) is 30.4. The van der Waals surface area contributed by atoms with Gasteiger partial charge in [-0.15, -0.1) is 0 Å². The molecule has 8 heteroatoms. The Labute approximate surface area is 192 Å². The zero-order chi connectivity index (χ0) is 23.4. The van der Waals surface area contributed by atoms with Gasteiger partial charge in [-0.1, -0.05) is 18.2 Å². The molecule has 1 aliphatic rings. The molecule has 8 nitrogen and oxygen atoms in total. The fourth-order valence-corrected chi connectivity index (χ4v) is 4.15. The summed E-state index contributed by atoms with van der Waals surface area (Å²) in [6, 6.07) is 17.8. The monoisotopic (exact) mass is 446 g/mol. The third-order valence-electron chi connectivity index (χ3n) is 6.01. The van der Waals surface area contributed by atoms with Crippen LogP contribution in [0.1, 0.15) is 46.9 Å². The first kappa shape index (κ1) is 22.3. The zero-order valence-electron chi connectivity index (χ0n) is 18.6. The largest absolute Gasteiger partial charge is 0.497 e. The molecule has 2 heterocycles. The van der Waals surface area contributed by atoms with Crippen LogP contribution in [0.5, 0.6) is 5.75 Å². The number of amides is 1. The van der Waals surface area contributed by atoms with Gasteiger partial charge < -0.3 is 15.0 Å². The minimum absolute atomic E-state index is 0.130. The van der Waals surface area contributed by atoms with Gasteiger partial charge in [-0.25, -0.2) is 0 Å². The molecule has 3 aromatic rings. The summed E-state index contributed by atoms with van der Waals surface area (Å²) < 4.78 is 5.21. The number of pyridine rings is 1. The number of methoxy groups -OCH3 is 1. The van der Waals surface area contributed by atoms with Gasteiger partial charge in [0.25, 0.3) is 11.6 Å². The molecule has 2 aromatic carbocycles. The number of likely N-dealkylation sites (tertiary alicyclic amines) is 1. The Kier molecular flexibility index (Phi) is 6.53. The minimum Gasteiger partial charge on any atom is -0.497 e. The highest BCUT2D eigenvalue weighted by Gasteiger charge is 2.29. The first-order chi connectivity index (χ1) is 16.0. The van der Waals surface area contributed by atoms with E-state index in [9.17, 15) is 14.9 Å². The number of rotatable bonds is 7. The summed E-state index contributed by atoms with van der Waals surface area (Å²) in [6.45, 7) is 3.07. The van der Waals surface area contributed by atoms with Gasteiger partial charge in [0.2, 0.25) is 0 Å². The summed E-state index contributed by atoms with van der Waals surface area (Å²) in [7, 11) is 1.63. The molecule has 1 N–H and O–H groups in total. The molecule has 0 aliphatic carbocycles. The number of ether oxygens (including phenoxy) is 1. The molecule has 0 saturated carbocycles. The molecule has 1 aliphatic heterocycles. The van der Waals surface area contributed by atoms with Gasteiger partial charge in [0.05, 0.1) is 23.8 Å². The smallest absolute Gasteiger partial charge is 0.293 e. The van der Waals surface area contributed by atoms with Crippen molar-refractivity contribution in [2.75, 3.05) is 25.5 Å². The number of anilines is 1. The highest BCUT2D eigenvalue weighted by atomic mass is 16.6. The first-order valence-electron chi connectivity index (χ1n) is 10.9. The zero-order valence-corrected chi connectivity index (χ0v) is 18.6. The van der Waals surface area contributed by atoms with Crippen molar-refractivity contribution in [3.05, 3.63) is 93.8 Å². The van der Waals surface area contributed by atoms with E-state index in [1.54, 1.807) is 30.3 Å². The highest BCUT2D eigenvalue weighted by molar-refractivity contribution is 5.96. The normalized spacial score (nSPS) is 16.3. The molecule has 33 heavy (non-hydrogen) atoms. The Balaban J connectivity index is 1.48. The lowest BCUT2D eigenvalue weighted by atomic mass is 9.98. The van der Waals surface area contributed by atoms with Crippen molar-refractivity contribution in [1.82, 2.24) is 9.88 Å². The third kappa shape index (κ3) is 4.95. The van der Waals surface area contributed by atoms with Gasteiger partial charge >= 0.3 is 0 Å². The number of nitrogens with zero attached hydrogens (tertiary/aromatic N) is 3. The van der Waals surface area contributed by atoms with E-state index in [1.165, 1.54) is 6.07 Å². The van der Waals surface area contributed by atoms with Crippen molar-refractivity contribution in [2.45, 2.75) is 25.3 Å². The second-order valence-electron chi connectivity index (χ2n) is 8.12. The van der Waals surface area contributed by atoms with Crippen molar-refractivity contribution in [3.8, 4) is 5.75 Å². The van der Waals surface area contributed by atoms with E-state index in [-0.39, 0.29) is 23.6 Å². The lowest BCUT2D eigenvalue weighted by Crippen LogP contribution is -2.28. The summed E-state index contributed by atoms with van der Waals surface area (Å²) >= 11 is 0. The Bertz CT molecular complexity index is 1130. The van der Waals surface area contributed by atoms with Crippen molar-refractivity contribution >= 4 is 17.3 Å². The molecule has 2 atom stereocenters. The molecular formula is C25H26N4O4. The summed E-state index contributed by atoms with van der Waals surface area (Å²) in [5.41, 5.74) is 2.46. The van der Waals surface area contributed by atoms with E-state index in [0.717, 1.165) is 23.4 Å². The molecule has 1 aromatic heterocycles. The van der Waals surface area contributed by atoms with Crippen molar-refractivity contribution in [2.24, 2.45) is 0 Å². The number of carbonyl (C=O) groups excluding carboxylic acids is 1. The quantitative estimate of drug-likeness (QED) is 0.414. The van der Waals surface area contributed by atoms with Crippen LogP contribution in [0.4, 0.5) is 11.4 Å². The number of carbonyl (C=O) groups is 1. The van der Waals surface area contributed by atoms with Crippen LogP contribution in [0.25, 0.3) is 0 Å². The van der Waals surface area contributed by atoms with E-state index < -0.39 is 4.92 Å². The second kappa shape index (κ2) is 9.68. The lowest BCUT2D eigenvalue weighted by Gasteiger charge is -2.18. The average Bonchev–Trinajstić information content (AvgIpc) is 3.34. The first-order valence-corrected chi connectivity index (χ1v) is 10.9. The fourth-order valence-electron chi connectivity index (χ4n) is 4.15. The molecule has 170 valence electrons. The van der Waals surface area contributed by atoms with Crippen molar-refractivity contribution in [1.29, 1.82) is 0 Å². The summed E-state index contributed by atoms with van der Waals surface area (Å²) in [5.74, 6) is 0.830. The summed E-state index contributed by atoms with van der Waals surface area (Å²) in [6.07, 6.45) is 2.53. The van der Waals surface area contributed by atoms with Gasteiger partial charge in [-0.3, -0.25) is 19.9 Å². The minimum atomic E-state index is -0.464. The van der Waals surface area contributed by atoms with Crippen LogP contribution in [-0.4, -0.2) is 40.9 Å². The maximum Gasteiger partial charge on any atom is 0.293 e. The third-order valence-corrected chi connectivity index (χ3v) is 6.01. The number of nitro benzene ring substituents is 1. The number of benzene rings is 2. The Morgan fingerprint density at radius 1 is 1.21 bits per heavy atom. The molecule has 0 spiro atoms. The van der Waals surface area contributed by atoms with Crippen LogP contribution in [0.15, 0.2) is 66.9 Å². The highest BCUT2D eigenvalue weighted by Crippen LogP contribution is 2.32. The average molecular weight is 447 g/mol. The van der Waals surface area contributed by atoms with Crippen molar-refractivity contribution in [3.63, 3.8) is 0 Å². The van der Waals surface area contributed by atoms with Gasteiger partial charge in [0.15, 0.2) is 0 Å². The van der Waals surface area contributed by atoms with Gasteiger partial charge in [-0.05, 0) is 55.3 Å². The number of aromatic nitrogens is 1. The lowest BCUT2D eigenvalue weighted by molar-refractivity contribution is -0.384. The second-order valence-corrected chi connectivity index (χ2v) is 8.12. The molecule has 1 amide bonds. The fraction of sp³-hybridized carbons (Fsp3) is 0.280. The molecular weight excluding hydrogens is 420 g/mol. The Hall–Kier alpha value is -3.94. The SMILES string of the molecule is COc1ccc(C2CCN(C(=O)c3ccc(NC(C)c4ccccn4)c([N+](=O)[O-])c3)C2)cc1. The van der Waals surface area contributed by atoms with Crippen LogP contribution in [0.3, 0.4) is 0 Å².